The van der Waals surface area contributed by atoms with Gasteiger partial charge in [0.1, 0.15) is 10.7 Å². The second-order valence-corrected chi connectivity index (χ2v) is 9.36. The van der Waals surface area contributed by atoms with Gasteiger partial charge >= 0.3 is 5.97 Å². The van der Waals surface area contributed by atoms with Gasteiger partial charge in [-0.3, -0.25) is 19.7 Å². The number of nitrogens with one attached hydrogen (secondary N) is 2. The molecule has 0 bridgehead atoms. The van der Waals surface area contributed by atoms with Crippen LogP contribution in [-0.2, 0) is 14.3 Å². The molecule has 0 spiro atoms. The Labute approximate surface area is 222 Å². The van der Waals surface area contributed by atoms with E-state index in [2.05, 4.69) is 15.6 Å². The van der Waals surface area contributed by atoms with Crippen molar-refractivity contribution in [3.05, 3.63) is 81.5 Å². The number of hydrogen-bond donors (Lipinski definition) is 2. The number of amides is 3. The third-order valence-electron chi connectivity index (χ3n) is 5.33. The van der Waals surface area contributed by atoms with Crippen LogP contribution in [-0.4, -0.2) is 35.3 Å². The smallest absolute Gasteiger partial charge is 0.338 e. The van der Waals surface area contributed by atoms with Crippen molar-refractivity contribution in [2.24, 2.45) is 0 Å². The fraction of sp³-hybridized carbons (Fsp3) is 0.192. The van der Waals surface area contributed by atoms with E-state index in [1.54, 1.807) is 30.3 Å². The van der Waals surface area contributed by atoms with Crippen LogP contribution in [0.2, 0.25) is 0 Å². The van der Waals surface area contributed by atoms with Crippen molar-refractivity contribution in [2.45, 2.75) is 26.7 Å². The number of benzene rings is 2. The molecule has 190 valence electrons. The number of halogens is 1. The van der Waals surface area contributed by atoms with Crippen LogP contribution in [0.4, 0.5) is 16.5 Å². The number of ether oxygens (including phenoxy) is 1. The third-order valence-corrected chi connectivity index (χ3v) is 6.56. The third kappa shape index (κ3) is 5.87. The highest BCUT2D eigenvalue weighted by Gasteiger charge is 2.39. The number of rotatable bonds is 9. The van der Waals surface area contributed by atoms with E-state index in [1.807, 2.05) is 19.2 Å². The molecule has 3 aromatic rings. The molecule has 0 atom stereocenters. The highest BCUT2D eigenvalue weighted by atomic mass is 35.5. The van der Waals surface area contributed by atoms with Gasteiger partial charge in [0.15, 0.2) is 5.13 Å². The molecular weight excluding hydrogens is 516 g/mol. The van der Waals surface area contributed by atoms with E-state index >= 15 is 0 Å². The first-order valence-electron chi connectivity index (χ1n) is 11.4. The zero-order valence-electron chi connectivity index (χ0n) is 20.0. The first-order valence-corrected chi connectivity index (χ1v) is 12.7. The number of esters is 1. The summed E-state index contributed by atoms with van der Waals surface area (Å²) < 4.78 is 5.22. The molecule has 2 N–H and O–H groups in total. The molecule has 0 fully saturated rings. The Hall–Kier alpha value is -4.02. The second kappa shape index (κ2) is 11.4. The van der Waals surface area contributed by atoms with Gasteiger partial charge in [-0.2, -0.15) is 0 Å². The summed E-state index contributed by atoms with van der Waals surface area (Å²) >= 11 is 7.55. The van der Waals surface area contributed by atoms with Crippen molar-refractivity contribution in [3.8, 4) is 0 Å². The number of carbonyl (C=O) groups excluding carboxylic acids is 4. The molecule has 0 aliphatic carbocycles. The molecule has 2 heterocycles. The van der Waals surface area contributed by atoms with Crippen LogP contribution < -0.4 is 15.5 Å². The molecule has 4 rings (SSSR count). The first kappa shape index (κ1) is 26.1. The Morgan fingerprint density at radius 2 is 1.84 bits per heavy atom. The minimum atomic E-state index is -0.737. The fourth-order valence-corrected chi connectivity index (χ4v) is 4.37. The van der Waals surface area contributed by atoms with Gasteiger partial charge in [-0.1, -0.05) is 37.1 Å². The highest BCUT2D eigenvalue weighted by molar-refractivity contribution is 7.13. The lowest BCUT2D eigenvalue weighted by atomic mass is 10.2. The topological polar surface area (TPSA) is 118 Å². The zero-order chi connectivity index (χ0) is 26.5. The normalized spacial score (nSPS) is 13.2. The largest absolute Gasteiger partial charge is 0.462 e. The molecule has 1 aliphatic heterocycles. The minimum Gasteiger partial charge on any atom is -0.462 e. The number of aromatic nitrogens is 1. The average molecular weight is 539 g/mol. The van der Waals surface area contributed by atoms with Crippen molar-refractivity contribution in [2.75, 3.05) is 22.1 Å². The minimum absolute atomic E-state index is 0.143. The summed E-state index contributed by atoms with van der Waals surface area (Å²) in [7, 11) is 0. The van der Waals surface area contributed by atoms with E-state index in [4.69, 9.17) is 16.3 Å². The summed E-state index contributed by atoms with van der Waals surface area (Å²) in [4.78, 5) is 56.1. The predicted molar refractivity (Wildman–Crippen MR) is 142 cm³/mol. The molecular formula is C26H23ClN4O5S. The lowest BCUT2D eigenvalue weighted by molar-refractivity contribution is -0.120. The van der Waals surface area contributed by atoms with Crippen LogP contribution in [0.5, 0.6) is 0 Å². The van der Waals surface area contributed by atoms with Crippen LogP contribution in [0.1, 0.15) is 46.2 Å². The number of aryl methyl sites for hydroxylation is 1. The maximum Gasteiger partial charge on any atom is 0.338 e. The molecule has 0 saturated heterocycles. The van der Waals surface area contributed by atoms with Crippen LogP contribution in [0.3, 0.4) is 0 Å². The maximum atomic E-state index is 13.2. The van der Waals surface area contributed by atoms with Gasteiger partial charge in [-0.05, 0) is 49.7 Å². The quantitative estimate of drug-likeness (QED) is 0.221. The number of imide groups is 1. The van der Waals surface area contributed by atoms with Crippen molar-refractivity contribution in [1.29, 1.82) is 0 Å². The van der Waals surface area contributed by atoms with E-state index in [-0.39, 0.29) is 34.5 Å². The number of thiazole rings is 1. The van der Waals surface area contributed by atoms with E-state index in [1.165, 1.54) is 29.5 Å². The number of nitrogens with zero attached hydrogens (tertiary/aromatic N) is 2. The molecule has 37 heavy (non-hydrogen) atoms. The summed E-state index contributed by atoms with van der Waals surface area (Å²) in [6.07, 6.45) is 1.61. The molecule has 0 radical (unpaired) electrons. The van der Waals surface area contributed by atoms with Crippen LogP contribution in [0, 0.1) is 6.92 Å². The molecule has 3 amide bonds. The van der Waals surface area contributed by atoms with Gasteiger partial charge < -0.3 is 10.1 Å². The lowest BCUT2D eigenvalue weighted by Gasteiger charge is -2.16. The molecule has 0 saturated carbocycles. The first-order chi connectivity index (χ1) is 17.8. The summed E-state index contributed by atoms with van der Waals surface area (Å²) in [5, 5.41) is 7.55. The second-order valence-electron chi connectivity index (χ2n) is 8.13. The maximum absolute atomic E-state index is 13.2. The van der Waals surface area contributed by atoms with Gasteiger partial charge in [0, 0.05) is 16.6 Å². The van der Waals surface area contributed by atoms with Crippen LogP contribution in [0.15, 0.2) is 64.6 Å². The lowest BCUT2D eigenvalue weighted by Crippen LogP contribution is -2.32. The van der Waals surface area contributed by atoms with E-state index in [0.29, 0.717) is 16.4 Å². The van der Waals surface area contributed by atoms with Crippen LogP contribution >= 0.6 is 22.9 Å². The number of hydrogen-bond acceptors (Lipinski definition) is 8. The van der Waals surface area contributed by atoms with E-state index in [9.17, 15) is 19.2 Å². The average Bonchev–Trinajstić information content (AvgIpc) is 3.39. The number of anilines is 3. The van der Waals surface area contributed by atoms with E-state index < -0.39 is 17.8 Å². The van der Waals surface area contributed by atoms with Gasteiger partial charge in [-0.15, -0.1) is 11.3 Å². The van der Waals surface area contributed by atoms with Crippen LogP contribution in [0.25, 0.3) is 0 Å². The Kier molecular flexibility index (Phi) is 8.00. The zero-order valence-corrected chi connectivity index (χ0v) is 21.6. The number of carbonyl (C=O) groups is 4. The monoisotopic (exact) mass is 538 g/mol. The standard InChI is InChI=1S/C26H23ClN4O5S/c1-3-4-11-36-25(35)17-8-6-10-19(13-17)31-23(33)20(27)21(24(31)34)29-18-9-5-7-16(12-18)22(32)30-26-28-15(2)14-37-26/h5-10,12-14,29H,3-4,11H2,1-2H3,(H,28,30,32). The molecule has 2 aromatic carbocycles. The van der Waals surface area contributed by atoms with Crippen molar-refractivity contribution in [1.82, 2.24) is 4.98 Å². The molecule has 1 aliphatic rings. The molecule has 0 unspecified atom stereocenters. The number of unbranched alkanes of at least 4 members (excludes halogenated alkanes) is 1. The summed E-state index contributed by atoms with van der Waals surface area (Å²) in [6.45, 7) is 4.09. The van der Waals surface area contributed by atoms with Gasteiger partial charge in [-0.25, -0.2) is 14.7 Å². The van der Waals surface area contributed by atoms with Crippen molar-refractivity contribution >= 4 is 63.1 Å². The summed E-state index contributed by atoms with van der Waals surface area (Å²) in [5.41, 5.74) is 1.74. The van der Waals surface area contributed by atoms with Crippen molar-refractivity contribution < 1.29 is 23.9 Å². The SMILES string of the molecule is CCCCOC(=O)c1cccc(N2C(=O)C(Cl)=C(Nc3cccc(C(=O)Nc4nc(C)cs4)c3)C2=O)c1. The molecule has 9 nitrogen and oxygen atoms in total. The fourth-order valence-electron chi connectivity index (χ4n) is 3.47. The Morgan fingerprint density at radius 1 is 1.08 bits per heavy atom. The van der Waals surface area contributed by atoms with Gasteiger partial charge in [0.25, 0.3) is 17.7 Å². The predicted octanol–water partition coefficient (Wildman–Crippen LogP) is 5.10. The van der Waals surface area contributed by atoms with Gasteiger partial charge in [0.05, 0.1) is 23.6 Å². The van der Waals surface area contributed by atoms with E-state index in [0.717, 1.165) is 23.4 Å². The highest BCUT2D eigenvalue weighted by Crippen LogP contribution is 2.31. The summed E-state index contributed by atoms with van der Waals surface area (Å²) in [5.74, 6) is -2.36. The Morgan fingerprint density at radius 3 is 2.57 bits per heavy atom. The molecule has 11 heteroatoms. The van der Waals surface area contributed by atoms with Crippen molar-refractivity contribution in [3.63, 3.8) is 0 Å². The molecule has 1 aromatic heterocycles. The Bertz CT molecular complexity index is 1420. The Balaban J connectivity index is 1.50. The summed E-state index contributed by atoms with van der Waals surface area (Å²) in [6, 6.07) is 12.4. The van der Waals surface area contributed by atoms with Gasteiger partial charge in [0.2, 0.25) is 0 Å².